The zero-order valence-electron chi connectivity index (χ0n) is 10.1. The first-order valence-corrected chi connectivity index (χ1v) is 8.34. The zero-order chi connectivity index (χ0) is 13.4. The Morgan fingerprint density at radius 3 is 2.61 bits per heavy atom. The van der Waals surface area contributed by atoms with Crippen molar-refractivity contribution in [3.8, 4) is 0 Å². The standard InChI is InChI=1S/C12H18N2O2S2/c1-2-8-17-9-7-14-18(15,16)10-11-3-5-12(13)6-4-11/h2-6,14H,1,7-10,13H2. The van der Waals surface area contributed by atoms with E-state index in [-0.39, 0.29) is 5.75 Å². The molecule has 0 heterocycles. The zero-order valence-corrected chi connectivity index (χ0v) is 11.8. The van der Waals surface area contributed by atoms with Gasteiger partial charge in [0, 0.05) is 23.7 Å². The van der Waals surface area contributed by atoms with Crippen molar-refractivity contribution in [3.63, 3.8) is 0 Å². The van der Waals surface area contributed by atoms with E-state index in [1.807, 2.05) is 0 Å². The maximum absolute atomic E-state index is 11.7. The lowest BCUT2D eigenvalue weighted by molar-refractivity contribution is 0.583. The SMILES string of the molecule is C=CCSCCNS(=O)(=O)Cc1ccc(N)cc1. The van der Waals surface area contributed by atoms with Gasteiger partial charge in [0.25, 0.3) is 0 Å². The van der Waals surface area contributed by atoms with E-state index in [1.54, 1.807) is 42.1 Å². The highest BCUT2D eigenvalue weighted by atomic mass is 32.2. The van der Waals surface area contributed by atoms with Crippen LogP contribution in [0, 0.1) is 0 Å². The minimum Gasteiger partial charge on any atom is -0.399 e. The van der Waals surface area contributed by atoms with Crippen LogP contribution in [0.5, 0.6) is 0 Å². The topological polar surface area (TPSA) is 72.2 Å². The minimum atomic E-state index is -3.26. The average Bonchev–Trinajstić information content (AvgIpc) is 2.31. The normalized spacial score (nSPS) is 11.3. The highest BCUT2D eigenvalue weighted by Gasteiger charge is 2.10. The van der Waals surface area contributed by atoms with Gasteiger partial charge in [-0.25, -0.2) is 13.1 Å². The molecule has 4 nitrogen and oxygen atoms in total. The molecule has 18 heavy (non-hydrogen) atoms. The molecule has 0 saturated carbocycles. The summed E-state index contributed by atoms with van der Waals surface area (Å²) in [5.41, 5.74) is 6.90. The molecule has 0 aliphatic carbocycles. The summed E-state index contributed by atoms with van der Waals surface area (Å²) in [7, 11) is -3.26. The molecule has 100 valence electrons. The molecule has 3 N–H and O–H groups in total. The Morgan fingerprint density at radius 2 is 2.00 bits per heavy atom. The fourth-order valence-corrected chi connectivity index (χ4v) is 3.18. The maximum Gasteiger partial charge on any atom is 0.215 e. The summed E-state index contributed by atoms with van der Waals surface area (Å²) in [6.45, 7) is 4.04. The number of hydrogen-bond donors (Lipinski definition) is 2. The number of hydrogen-bond acceptors (Lipinski definition) is 4. The van der Waals surface area contributed by atoms with Crippen molar-refractivity contribution in [2.45, 2.75) is 5.75 Å². The van der Waals surface area contributed by atoms with Gasteiger partial charge in [-0.15, -0.1) is 6.58 Å². The molecule has 0 spiro atoms. The summed E-state index contributed by atoms with van der Waals surface area (Å²) in [4.78, 5) is 0. The Hall–Kier alpha value is -0.980. The Balaban J connectivity index is 2.39. The summed E-state index contributed by atoms with van der Waals surface area (Å²) >= 11 is 1.64. The fraction of sp³-hybridized carbons (Fsp3) is 0.333. The Labute approximate surface area is 113 Å². The van der Waals surface area contributed by atoms with Crippen LogP contribution in [0.3, 0.4) is 0 Å². The predicted molar refractivity (Wildman–Crippen MR) is 79.0 cm³/mol. The van der Waals surface area contributed by atoms with Crippen LogP contribution in [0.1, 0.15) is 5.56 Å². The van der Waals surface area contributed by atoms with Crippen LogP contribution >= 0.6 is 11.8 Å². The van der Waals surface area contributed by atoms with Gasteiger partial charge in [-0.05, 0) is 17.7 Å². The molecule has 1 rings (SSSR count). The third kappa shape index (κ3) is 6.09. The largest absolute Gasteiger partial charge is 0.399 e. The quantitative estimate of drug-likeness (QED) is 0.432. The summed E-state index contributed by atoms with van der Waals surface area (Å²) in [6.07, 6.45) is 1.80. The van der Waals surface area contributed by atoms with Gasteiger partial charge in [0.05, 0.1) is 5.75 Å². The number of anilines is 1. The van der Waals surface area contributed by atoms with E-state index in [0.717, 1.165) is 17.1 Å². The number of rotatable bonds is 8. The first-order chi connectivity index (χ1) is 8.53. The van der Waals surface area contributed by atoms with Crippen LogP contribution in [0.4, 0.5) is 5.69 Å². The second kappa shape index (κ2) is 7.45. The summed E-state index contributed by atoms with van der Waals surface area (Å²) in [6, 6.07) is 6.84. The van der Waals surface area contributed by atoms with Gasteiger partial charge in [0.2, 0.25) is 10.0 Å². The van der Waals surface area contributed by atoms with Gasteiger partial charge < -0.3 is 5.73 Å². The van der Waals surface area contributed by atoms with Gasteiger partial charge in [0.1, 0.15) is 0 Å². The lowest BCUT2D eigenvalue weighted by Gasteiger charge is -2.06. The lowest BCUT2D eigenvalue weighted by atomic mass is 10.2. The highest BCUT2D eigenvalue weighted by molar-refractivity contribution is 7.99. The molecule has 0 unspecified atom stereocenters. The van der Waals surface area contributed by atoms with E-state index >= 15 is 0 Å². The highest BCUT2D eigenvalue weighted by Crippen LogP contribution is 2.08. The van der Waals surface area contributed by atoms with Gasteiger partial charge in [0.15, 0.2) is 0 Å². The second-order valence-electron chi connectivity index (χ2n) is 3.76. The molecule has 0 amide bonds. The van der Waals surface area contributed by atoms with E-state index in [9.17, 15) is 8.42 Å². The average molecular weight is 286 g/mol. The molecule has 0 aliphatic rings. The van der Waals surface area contributed by atoms with Crippen molar-refractivity contribution < 1.29 is 8.42 Å². The predicted octanol–water partition coefficient (Wildman–Crippen LogP) is 1.61. The van der Waals surface area contributed by atoms with Crippen molar-refractivity contribution >= 4 is 27.5 Å². The molecule has 0 fully saturated rings. The molecule has 1 aromatic carbocycles. The minimum absolute atomic E-state index is 0.0145. The van der Waals surface area contributed by atoms with E-state index < -0.39 is 10.0 Å². The van der Waals surface area contributed by atoms with E-state index in [2.05, 4.69) is 11.3 Å². The molecule has 0 bridgehead atoms. The Kier molecular flexibility index (Phi) is 6.24. The molecular weight excluding hydrogens is 268 g/mol. The van der Waals surface area contributed by atoms with Gasteiger partial charge in [-0.2, -0.15) is 11.8 Å². The number of nitrogen functional groups attached to an aromatic ring is 1. The molecule has 0 saturated heterocycles. The third-order valence-electron chi connectivity index (χ3n) is 2.14. The first-order valence-electron chi connectivity index (χ1n) is 5.54. The lowest BCUT2D eigenvalue weighted by Crippen LogP contribution is -2.27. The summed E-state index contributed by atoms with van der Waals surface area (Å²) < 4.78 is 26.1. The van der Waals surface area contributed by atoms with Crippen molar-refractivity contribution in [2.24, 2.45) is 0 Å². The van der Waals surface area contributed by atoms with Crippen molar-refractivity contribution in [1.82, 2.24) is 4.72 Å². The monoisotopic (exact) mass is 286 g/mol. The number of thioether (sulfide) groups is 1. The van der Waals surface area contributed by atoms with Crippen LogP contribution < -0.4 is 10.5 Å². The van der Waals surface area contributed by atoms with E-state index in [4.69, 9.17) is 5.73 Å². The van der Waals surface area contributed by atoms with Crippen molar-refractivity contribution in [3.05, 3.63) is 42.5 Å². The molecule has 0 atom stereocenters. The van der Waals surface area contributed by atoms with E-state index in [1.165, 1.54) is 0 Å². The fourth-order valence-electron chi connectivity index (χ4n) is 1.32. The summed E-state index contributed by atoms with van der Waals surface area (Å²) in [5, 5.41) is 0. The molecule has 1 aromatic rings. The molecule has 6 heteroatoms. The Bertz CT molecular complexity index is 469. The molecule has 0 aliphatic heterocycles. The van der Waals surface area contributed by atoms with Crippen molar-refractivity contribution in [2.75, 3.05) is 23.8 Å². The van der Waals surface area contributed by atoms with E-state index in [0.29, 0.717) is 12.2 Å². The van der Waals surface area contributed by atoms with Crippen molar-refractivity contribution in [1.29, 1.82) is 0 Å². The number of sulfonamides is 1. The van der Waals surface area contributed by atoms with Gasteiger partial charge in [-0.1, -0.05) is 18.2 Å². The van der Waals surface area contributed by atoms with Gasteiger partial charge in [-0.3, -0.25) is 0 Å². The third-order valence-corrected chi connectivity index (χ3v) is 4.46. The number of benzene rings is 1. The van der Waals surface area contributed by atoms with Crippen LogP contribution in [0.15, 0.2) is 36.9 Å². The van der Waals surface area contributed by atoms with Crippen LogP contribution in [-0.2, 0) is 15.8 Å². The molecule has 0 aromatic heterocycles. The second-order valence-corrected chi connectivity index (χ2v) is 6.72. The summed E-state index contributed by atoms with van der Waals surface area (Å²) in [5.74, 6) is 1.56. The van der Waals surface area contributed by atoms with Gasteiger partial charge >= 0.3 is 0 Å². The van der Waals surface area contributed by atoms with Crippen LogP contribution in [0.2, 0.25) is 0 Å². The number of nitrogens with two attached hydrogens (primary N) is 1. The first kappa shape index (κ1) is 15.1. The van der Waals surface area contributed by atoms with Crippen LogP contribution in [-0.4, -0.2) is 26.5 Å². The van der Waals surface area contributed by atoms with Crippen LogP contribution in [0.25, 0.3) is 0 Å². The maximum atomic E-state index is 11.7. The Morgan fingerprint density at radius 1 is 1.33 bits per heavy atom. The number of nitrogens with one attached hydrogen (secondary N) is 1. The smallest absolute Gasteiger partial charge is 0.215 e. The molecule has 0 radical (unpaired) electrons. The molecular formula is C12H18N2O2S2.